The van der Waals surface area contributed by atoms with Crippen molar-refractivity contribution in [2.45, 2.75) is 50.2 Å². The average molecular weight is 482 g/mol. The molecule has 4 heterocycles. The van der Waals surface area contributed by atoms with Crippen LogP contribution in [0.15, 0.2) is 36.4 Å². The molecule has 0 bridgehead atoms. The quantitative estimate of drug-likeness (QED) is 0.555. The third kappa shape index (κ3) is 3.71. The minimum atomic E-state index is -2.65. The van der Waals surface area contributed by atoms with Crippen molar-refractivity contribution in [1.29, 1.82) is 5.26 Å². The zero-order valence-electron chi connectivity index (χ0n) is 18.3. The van der Waals surface area contributed by atoms with E-state index in [1.807, 2.05) is 30.3 Å². The first kappa shape index (κ1) is 21.4. The Morgan fingerprint density at radius 2 is 1.88 bits per heavy atom. The lowest BCUT2D eigenvalue weighted by Crippen LogP contribution is -2.34. The topological polar surface area (TPSA) is 73.9 Å². The van der Waals surface area contributed by atoms with Gasteiger partial charge in [-0.1, -0.05) is 17.7 Å². The summed E-state index contributed by atoms with van der Waals surface area (Å²) < 4.78 is 29.9. The molecular formula is C24H22ClF2N7. The number of fused-ring (bicyclic) bond motifs is 3. The number of rotatable bonds is 3. The van der Waals surface area contributed by atoms with Crippen molar-refractivity contribution in [3.05, 3.63) is 64.3 Å². The summed E-state index contributed by atoms with van der Waals surface area (Å²) in [6.45, 7) is 2.28. The van der Waals surface area contributed by atoms with Gasteiger partial charge in [0.2, 0.25) is 0 Å². The van der Waals surface area contributed by atoms with Crippen LogP contribution in [-0.2, 0) is 13.1 Å². The summed E-state index contributed by atoms with van der Waals surface area (Å²) in [5.74, 6) is -0.126. The number of alkyl halides is 2. The van der Waals surface area contributed by atoms with E-state index in [0.717, 1.165) is 48.8 Å². The third-order valence-corrected chi connectivity index (χ3v) is 7.26. The molecule has 1 unspecified atom stereocenters. The molecule has 6 rings (SSSR count). The molecule has 10 heteroatoms. The number of hydrogen-bond donors (Lipinski definition) is 0. The average Bonchev–Trinajstić information content (AvgIpc) is 3.35. The molecule has 3 aromatic rings. The number of benzene rings is 1. The van der Waals surface area contributed by atoms with Crippen molar-refractivity contribution in [2.75, 3.05) is 18.0 Å². The fraction of sp³-hybridized carbons (Fsp3) is 0.417. The normalized spacial score (nSPS) is 21.9. The van der Waals surface area contributed by atoms with Gasteiger partial charge in [0.1, 0.15) is 23.4 Å². The van der Waals surface area contributed by atoms with Gasteiger partial charge in [0.05, 0.1) is 18.3 Å². The Balaban J connectivity index is 1.29. The van der Waals surface area contributed by atoms with Gasteiger partial charge in [-0.3, -0.25) is 9.47 Å². The highest BCUT2D eigenvalue weighted by atomic mass is 35.5. The van der Waals surface area contributed by atoms with Crippen molar-refractivity contribution in [2.24, 2.45) is 0 Å². The number of nitriles is 1. The van der Waals surface area contributed by atoms with Gasteiger partial charge in [-0.05, 0) is 48.7 Å². The summed E-state index contributed by atoms with van der Waals surface area (Å²) in [6.07, 6.45) is 1.58. The number of nitrogens with zero attached hydrogens (tertiary/aromatic N) is 7. The third-order valence-electron chi connectivity index (χ3n) is 7.02. The molecule has 1 aromatic carbocycles. The van der Waals surface area contributed by atoms with E-state index in [4.69, 9.17) is 16.9 Å². The summed E-state index contributed by atoms with van der Waals surface area (Å²) in [5, 5.41) is 18.7. The highest BCUT2D eigenvalue weighted by Crippen LogP contribution is 2.47. The maximum absolute atomic E-state index is 13.9. The van der Waals surface area contributed by atoms with Gasteiger partial charge in [-0.2, -0.15) is 5.26 Å². The number of anilines is 1. The van der Waals surface area contributed by atoms with E-state index in [9.17, 15) is 8.78 Å². The second kappa shape index (κ2) is 8.00. The van der Waals surface area contributed by atoms with Crippen LogP contribution in [0.4, 0.5) is 14.6 Å². The van der Waals surface area contributed by atoms with Crippen LogP contribution in [0.25, 0.3) is 5.69 Å². The molecule has 0 radical (unpaired) electrons. The second-order valence-corrected chi connectivity index (χ2v) is 9.66. The fourth-order valence-electron chi connectivity index (χ4n) is 5.16. The first-order valence-electron chi connectivity index (χ1n) is 11.4. The Bertz CT molecular complexity index is 1290. The monoisotopic (exact) mass is 481 g/mol. The molecule has 1 saturated heterocycles. The second-order valence-electron chi connectivity index (χ2n) is 9.22. The lowest BCUT2D eigenvalue weighted by molar-refractivity contribution is 0.0663. The fourth-order valence-corrected chi connectivity index (χ4v) is 5.35. The molecule has 34 heavy (non-hydrogen) atoms. The van der Waals surface area contributed by atoms with Crippen LogP contribution in [0.3, 0.4) is 0 Å². The van der Waals surface area contributed by atoms with Crippen molar-refractivity contribution in [1.82, 2.24) is 24.6 Å². The maximum atomic E-state index is 13.9. The number of pyridine rings is 1. The summed E-state index contributed by atoms with van der Waals surface area (Å²) >= 11 is 6.28. The molecule has 3 aliphatic rings. The molecule has 2 aliphatic heterocycles. The van der Waals surface area contributed by atoms with Crippen LogP contribution in [-0.4, -0.2) is 49.7 Å². The Morgan fingerprint density at radius 1 is 1.09 bits per heavy atom. The zero-order valence-corrected chi connectivity index (χ0v) is 19.1. The molecule has 1 atom stereocenters. The van der Waals surface area contributed by atoms with Crippen molar-refractivity contribution >= 4 is 17.4 Å². The first-order chi connectivity index (χ1) is 16.4. The smallest absolute Gasteiger partial charge is 0.265 e. The number of halogens is 3. The maximum Gasteiger partial charge on any atom is 0.265 e. The van der Waals surface area contributed by atoms with Gasteiger partial charge in [0.25, 0.3) is 5.92 Å². The van der Waals surface area contributed by atoms with Crippen LogP contribution in [0.2, 0.25) is 5.02 Å². The minimum absolute atomic E-state index is 0.122. The Morgan fingerprint density at radius 3 is 2.62 bits per heavy atom. The van der Waals surface area contributed by atoms with Gasteiger partial charge < -0.3 is 4.90 Å². The van der Waals surface area contributed by atoms with Gasteiger partial charge >= 0.3 is 0 Å². The van der Waals surface area contributed by atoms with E-state index < -0.39 is 12.0 Å². The van der Waals surface area contributed by atoms with E-state index in [2.05, 4.69) is 30.7 Å². The van der Waals surface area contributed by atoms with Crippen LogP contribution < -0.4 is 4.90 Å². The molecule has 2 fully saturated rings. The Kier molecular flexibility index (Phi) is 5.04. The molecule has 0 N–H and O–H groups in total. The lowest BCUT2D eigenvalue weighted by Gasteiger charge is -2.32. The highest BCUT2D eigenvalue weighted by Gasteiger charge is 2.60. The highest BCUT2D eigenvalue weighted by molar-refractivity contribution is 6.30. The molecule has 0 spiro atoms. The molecule has 1 aliphatic carbocycles. The van der Waals surface area contributed by atoms with Crippen LogP contribution >= 0.6 is 11.6 Å². The van der Waals surface area contributed by atoms with Gasteiger partial charge in [0, 0.05) is 37.0 Å². The van der Waals surface area contributed by atoms with E-state index >= 15 is 0 Å². The predicted octanol–water partition coefficient (Wildman–Crippen LogP) is 4.29. The van der Waals surface area contributed by atoms with Crippen molar-refractivity contribution in [3.63, 3.8) is 0 Å². The minimum Gasteiger partial charge on any atom is -0.357 e. The zero-order chi connectivity index (χ0) is 23.4. The summed E-state index contributed by atoms with van der Waals surface area (Å²) in [5.41, 5.74) is 2.23. The molecule has 174 valence electrons. The summed E-state index contributed by atoms with van der Waals surface area (Å²) in [4.78, 5) is 8.39. The molecular weight excluding hydrogens is 460 g/mol. The number of piperidine rings is 1. The van der Waals surface area contributed by atoms with Crippen LogP contribution in [0.1, 0.15) is 48.1 Å². The SMILES string of the molecule is N#Cc1cccc(N2CCC(c3nnc4n3-c3ccc(Cl)cc3CN(C3CC3(F)F)C4)CC2)n1. The summed E-state index contributed by atoms with van der Waals surface area (Å²) in [7, 11) is 0. The van der Waals surface area contributed by atoms with Gasteiger partial charge in [-0.15, -0.1) is 10.2 Å². The van der Waals surface area contributed by atoms with E-state index in [-0.39, 0.29) is 12.3 Å². The van der Waals surface area contributed by atoms with E-state index in [0.29, 0.717) is 29.6 Å². The predicted molar refractivity (Wildman–Crippen MR) is 122 cm³/mol. The first-order valence-corrected chi connectivity index (χ1v) is 11.8. The summed E-state index contributed by atoms with van der Waals surface area (Å²) in [6, 6.07) is 12.4. The van der Waals surface area contributed by atoms with Crippen molar-refractivity contribution < 1.29 is 8.78 Å². The van der Waals surface area contributed by atoms with E-state index in [1.165, 1.54) is 0 Å². The van der Waals surface area contributed by atoms with Gasteiger partial charge in [-0.25, -0.2) is 13.8 Å². The molecule has 7 nitrogen and oxygen atoms in total. The van der Waals surface area contributed by atoms with Crippen LogP contribution in [0.5, 0.6) is 0 Å². The number of aromatic nitrogens is 4. The largest absolute Gasteiger partial charge is 0.357 e. The Labute approximate surface area is 200 Å². The van der Waals surface area contributed by atoms with Crippen molar-refractivity contribution in [3.8, 4) is 11.8 Å². The number of hydrogen-bond acceptors (Lipinski definition) is 6. The Hall–Kier alpha value is -3.09. The molecule has 2 aromatic heterocycles. The van der Waals surface area contributed by atoms with Gasteiger partial charge in [0.15, 0.2) is 5.82 Å². The molecule has 0 amide bonds. The molecule has 1 saturated carbocycles. The lowest BCUT2D eigenvalue weighted by atomic mass is 9.95. The van der Waals surface area contributed by atoms with E-state index in [1.54, 1.807) is 11.0 Å². The standard InChI is InChI=1S/C24H22ClF2N7/c25-17-4-5-19-16(10-17)13-33(20-11-24(20,26)27)14-22-30-31-23(34(19)22)15-6-8-32(9-7-15)21-3-1-2-18(12-28)29-21/h1-5,10,15,20H,6-9,11,13-14H2. The van der Waals surface area contributed by atoms with Crippen LogP contribution in [0, 0.1) is 11.3 Å².